The monoisotopic (exact) mass is 275 g/mol. The number of amides is 1. The van der Waals surface area contributed by atoms with Crippen LogP contribution in [0.25, 0.3) is 0 Å². The smallest absolute Gasteiger partial charge is 0.271 e. The number of nitrogens with two attached hydrogens (primary N) is 2. The maximum absolute atomic E-state index is 11.8. The first-order valence-electron chi connectivity index (χ1n) is 5.36. The summed E-state index contributed by atoms with van der Waals surface area (Å²) in [4.78, 5) is 11.8. The number of sulfonamides is 1. The highest BCUT2D eigenvalue weighted by Gasteiger charge is 2.18. The summed E-state index contributed by atoms with van der Waals surface area (Å²) in [5, 5.41) is 11.4. The number of carbonyl (C=O) groups excluding carboxylic acids is 1. The lowest BCUT2D eigenvalue weighted by Crippen LogP contribution is -2.32. The van der Waals surface area contributed by atoms with Gasteiger partial charge in [-0.05, 0) is 6.42 Å². The minimum Gasteiger partial charge on any atom is -0.395 e. The van der Waals surface area contributed by atoms with Gasteiger partial charge in [0.15, 0.2) is 0 Å². The molecule has 0 aromatic carbocycles. The molecule has 0 aliphatic rings. The van der Waals surface area contributed by atoms with Gasteiger partial charge in [0, 0.05) is 13.6 Å². The molecule has 0 bridgehead atoms. The third kappa shape index (κ3) is 3.44. The number of primary sulfonamides is 1. The van der Waals surface area contributed by atoms with E-state index in [0.29, 0.717) is 17.8 Å². The number of nitrogen functional groups attached to an aromatic ring is 1. The molecule has 0 spiro atoms. The molecule has 18 heavy (non-hydrogen) atoms. The Bertz CT molecular complexity index is 549. The van der Waals surface area contributed by atoms with E-state index < -0.39 is 15.9 Å². The Balaban J connectivity index is 2.76. The minimum atomic E-state index is -3.59. The van der Waals surface area contributed by atoms with Crippen molar-refractivity contribution in [3.63, 3.8) is 0 Å². The molecule has 0 atom stereocenters. The van der Waals surface area contributed by atoms with E-state index in [1.165, 1.54) is 4.68 Å². The summed E-state index contributed by atoms with van der Waals surface area (Å²) in [7, 11) is -1.99. The highest BCUT2D eigenvalue weighted by atomic mass is 32.2. The van der Waals surface area contributed by atoms with Crippen LogP contribution in [0.15, 0.2) is 0 Å². The third-order valence-electron chi connectivity index (χ3n) is 2.38. The van der Waals surface area contributed by atoms with Gasteiger partial charge >= 0.3 is 0 Å². The molecule has 0 unspecified atom stereocenters. The minimum absolute atomic E-state index is 0.0657. The van der Waals surface area contributed by atoms with E-state index in [4.69, 9.17) is 10.9 Å². The Morgan fingerprint density at radius 1 is 1.50 bits per heavy atom. The van der Waals surface area contributed by atoms with Crippen LogP contribution in [0.5, 0.6) is 0 Å². The first kappa shape index (κ1) is 14.5. The van der Waals surface area contributed by atoms with Gasteiger partial charge in [-0.25, -0.2) is 13.6 Å². The number of hydrogen-bond donors (Lipinski definition) is 3. The van der Waals surface area contributed by atoms with Crippen molar-refractivity contribution < 1.29 is 13.2 Å². The Morgan fingerprint density at radius 2 is 2.11 bits per heavy atom. The average Bonchev–Trinajstić information content (AvgIpc) is 2.51. The maximum atomic E-state index is 11.8. The predicted octanol–water partition coefficient (Wildman–Crippen LogP) is -1.42. The molecule has 5 N–H and O–H groups in total. The molecule has 0 aliphatic carbocycles. The molecular formula is C9H17N5O3S. The highest BCUT2D eigenvalue weighted by Crippen LogP contribution is 2.16. The van der Waals surface area contributed by atoms with Gasteiger partial charge in [0.25, 0.3) is 5.91 Å². The lowest BCUT2D eigenvalue weighted by molar-refractivity contribution is 0.0947. The fourth-order valence-corrected chi connectivity index (χ4v) is 1.90. The fraction of sp³-hybridized carbons (Fsp3) is 0.556. The summed E-state index contributed by atoms with van der Waals surface area (Å²) in [5.74, 6) is -0.789. The van der Waals surface area contributed by atoms with E-state index in [2.05, 4.69) is 10.4 Å². The van der Waals surface area contributed by atoms with Crippen LogP contribution in [0.1, 0.15) is 23.1 Å². The zero-order valence-electron chi connectivity index (χ0n) is 10.3. The summed E-state index contributed by atoms with van der Waals surface area (Å²) >= 11 is 0. The summed E-state index contributed by atoms with van der Waals surface area (Å²) in [6.07, 6.45) is 0.615. The second-order valence-corrected chi connectivity index (χ2v) is 5.54. The average molecular weight is 275 g/mol. The molecule has 9 heteroatoms. The lowest BCUT2D eigenvalue weighted by atomic mass is 10.2. The molecule has 1 amide bonds. The van der Waals surface area contributed by atoms with E-state index in [9.17, 15) is 13.2 Å². The van der Waals surface area contributed by atoms with Crippen LogP contribution in [-0.2, 0) is 23.5 Å². The second-order valence-electron chi connectivity index (χ2n) is 3.81. The summed E-state index contributed by atoms with van der Waals surface area (Å²) in [6, 6.07) is 0. The van der Waals surface area contributed by atoms with Crippen molar-refractivity contribution in [2.24, 2.45) is 12.2 Å². The van der Waals surface area contributed by atoms with Crippen LogP contribution in [-0.4, -0.2) is 36.4 Å². The molecule has 8 nitrogen and oxygen atoms in total. The van der Waals surface area contributed by atoms with E-state index in [1.54, 1.807) is 7.05 Å². The van der Waals surface area contributed by atoms with Gasteiger partial charge in [-0.1, -0.05) is 6.92 Å². The molecule has 102 valence electrons. The lowest BCUT2D eigenvalue weighted by Gasteiger charge is -2.05. The number of anilines is 1. The normalized spacial score (nSPS) is 11.5. The van der Waals surface area contributed by atoms with Crippen LogP contribution in [0.2, 0.25) is 0 Å². The number of rotatable bonds is 5. The molecule has 1 aromatic rings. The quantitative estimate of drug-likeness (QED) is 0.606. The first-order valence-corrected chi connectivity index (χ1v) is 7.07. The van der Waals surface area contributed by atoms with Crippen molar-refractivity contribution in [3.8, 4) is 0 Å². The molecule has 0 fully saturated rings. The Morgan fingerprint density at radius 3 is 2.56 bits per heavy atom. The summed E-state index contributed by atoms with van der Waals surface area (Å²) < 4.78 is 22.8. The van der Waals surface area contributed by atoms with Gasteiger partial charge in [0.2, 0.25) is 10.0 Å². The summed E-state index contributed by atoms with van der Waals surface area (Å²) in [5.41, 5.74) is 6.96. The number of aryl methyl sites for hydroxylation is 2. The predicted molar refractivity (Wildman–Crippen MR) is 67.3 cm³/mol. The van der Waals surface area contributed by atoms with Crippen molar-refractivity contribution in [2.75, 3.05) is 18.0 Å². The van der Waals surface area contributed by atoms with E-state index in [0.717, 1.165) is 0 Å². The van der Waals surface area contributed by atoms with Crippen LogP contribution in [0, 0.1) is 0 Å². The Labute approximate surface area is 105 Å². The molecule has 0 aliphatic heterocycles. The molecule has 0 saturated heterocycles. The Hall–Kier alpha value is -1.61. The Kier molecular flexibility index (Phi) is 4.30. The van der Waals surface area contributed by atoms with Crippen LogP contribution < -0.4 is 16.2 Å². The summed E-state index contributed by atoms with van der Waals surface area (Å²) in [6.45, 7) is 1.81. The zero-order valence-corrected chi connectivity index (χ0v) is 11.1. The molecule has 0 radical (unpaired) electrons. The van der Waals surface area contributed by atoms with Crippen LogP contribution in [0.4, 0.5) is 5.69 Å². The zero-order chi connectivity index (χ0) is 13.9. The molecule has 1 aromatic heterocycles. The largest absolute Gasteiger partial charge is 0.395 e. The van der Waals surface area contributed by atoms with E-state index in [1.807, 2.05) is 6.92 Å². The maximum Gasteiger partial charge on any atom is 0.271 e. The van der Waals surface area contributed by atoms with Crippen molar-refractivity contribution in [1.82, 2.24) is 15.1 Å². The van der Waals surface area contributed by atoms with Crippen molar-refractivity contribution in [1.29, 1.82) is 0 Å². The van der Waals surface area contributed by atoms with E-state index >= 15 is 0 Å². The standard InChI is InChI=1S/C9H17N5O3S/c1-3-6-7(10)8(14(2)13-6)9(15)12-4-5-18(11,16)17/h3-5,10H2,1-2H3,(H,12,15)(H2,11,16,17). The van der Waals surface area contributed by atoms with Gasteiger partial charge in [-0.15, -0.1) is 0 Å². The molecule has 0 saturated carbocycles. The topological polar surface area (TPSA) is 133 Å². The number of aromatic nitrogens is 2. The second kappa shape index (κ2) is 5.36. The number of hydrogen-bond acceptors (Lipinski definition) is 5. The van der Waals surface area contributed by atoms with Gasteiger partial charge in [-0.2, -0.15) is 5.10 Å². The van der Waals surface area contributed by atoms with Crippen molar-refractivity contribution in [2.45, 2.75) is 13.3 Å². The SMILES string of the molecule is CCc1nn(C)c(C(=O)NCCS(N)(=O)=O)c1N. The molecular weight excluding hydrogens is 258 g/mol. The third-order valence-corrected chi connectivity index (χ3v) is 3.16. The molecule has 1 rings (SSSR count). The van der Waals surface area contributed by atoms with Crippen molar-refractivity contribution >= 4 is 21.6 Å². The highest BCUT2D eigenvalue weighted by molar-refractivity contribution is 7.89. The van der Waals surface area contributed by atoms with Crippen molar-refractivity contribution in [3.05, 3.63) is 11.4 Å². The number of carbonyl (C=O) groups is 1. The van der Waals surface area contributed by atoms with Crippen LogP contribution in [0.3, 0.4) is 0 Å². The number of nitrogens with zero attached hydrogens (tertiary/aromatic N) is 2. The van der Waals surface area contributed by atoms with Gasteiger partial charge < -0.3 is 11.1 Å². The van der Waals surface area contributed by atoms with Crippen LogP contribution >= 0.6 is 0 Å². The first-order chi connectivity index (χ1) is 8.26. The van der Waals surface area contributed by atoms with Gasteiger partial charge in [-0.3, -0.25) is 9.48 Å². The van der Waals surface area contributed by atoms with E-state index in [-0.39, 0.29) is 18.0 Å². The number of nitrogens with one attached hydrogen (secondary N) is 1. The molecule has 1 heterocycles. The fourth-order valence-electron chi connectivity index (χ4n) is 1.52. The van der Waals surface area contributed by atoms with Gasteiger partial charge in [0.05, 0.1) is 17.1 Å². The van der Waals surface area contributed by atoms with Gasteiger partial charge in [0.1, 0.15) is 5.69 Å².